The number of aromatic nitrogens is 2. The number of halogens is 1. The number of hydrogen-bond acceptors (Lipinski definition) is 4. The number of rotatable bonds is 4. The molecule has 0 atom stereocenters. The minimum Gasteiger partial charge on any atom is -0.308 e. The molecule has 1 aromatic heterocycles. The monoisotopic (exact) mass is 281 g/mol. The predicted octanol–water partition coefficient (Wildman–Crippen LogP) is 3.66. The Morgan fingerprint density at radius 3 is 2.72 bits per heavy atom. The Kier molecular flexibility index (Phi) is 4.32. The van der Waals surface area contributed by atoms with E-state index in [9.17, 15) is 0 Å². The molecule has 0 saturated carbocycles. The van der Waals surface area contributed by atoms with Gasteiger partial charge in [0, 0.05) is 23.2 Å². The fraction of sp³-hybridized carbons (Fsp3) is 0.385. The van der Waals surface area contributed by atoms with Crippen molar-refractivity contribution in [1.29, 1.82) is 0 Å². The van der Waals surface area contributed by atoms with E-state index in [0.29, 0.717) is 6.04 Å². The lowest BCUT2D eigenvalue weighted by Gasteiger charge is -2.03. The van der Waals surface area contributed by atoms with Gasteiger partial charge in [-0.05, 0) is 30.7 Å². The number of nitrogens with one attached hydrogen (secondary N) is 1. The molecule has 3 nitrogen and oxygen atoms in total. The van der Waals surface area contributed by atoms with E-state index in [0.717, 1.165) is 32.7 Å². The van der Waals surface area contributed by atoms with E-state index in [-0.39, 0.29) is 0 Å². The van der Waals surface area contributed by atoms with Crippen LogP contribution in [0.5, 0.6) is 0 Å². The second kappa shape index (κ2) is 5.78. The van der Waals surface area contributed by atoms with E-state index in [1.807, 2.05) is 19.1 Å². The van der Waals surface area contributed by atoms with Crippen LogP contribution in [0.1, 0.15) is 24.4 Å². The molecule has 0 aliphatic rings. The second-order valence-corrected chi connectivity index (χ2v) is 6.05. The van der Waals surface area contributed by atoms with Crippen molar-refractivity contribution in [3.8, 4) is 10.6 Å². The third-order valence-electron chi connectivity index (χ3n) is 2.42. The fourth-order valence-electron chi connectivity index (χ4n) is 1.59. The van der Waals surface area contributed by atoms with Crippen molar-refractivity contribution < 1.29 is 0 Å². The maximum Gasteiger partial charge on any atom is 0.147 e. The van der Waals surface area contributed by atoms with Gasteiger partial charge >= 0.3 is 0 Å². The highest BCUT2D eigenvalue weighted by Crippen LogP contribution is 2.27. The summed E-state index contributed by atoms with van der Waals surface area (Å²) in [6, 6.07) is 6.39. The summed E-state index contributed by atoms with van der Waals surface area (Å²) >= 11 is 7.66. The lowest BCUT2D eigenvalue weighted by atomic mass is 10.1. The van der Waals surface area contributed by atoms with E-state index in [4.69, 9.17) is 11.6 Å². The van der Waals surface area contributed by atoms with Crippen molar-refractivity contribution in [3.05, 3.63) is 33.8 Å². The van der Waals surface area contributed by atoms with E-state index >= 15 is 0 Å². The van der Waals surface area contributed by atoms with Crippen LogP contribution in [0.3, 0.4) is 0 Å². The molecule has 96 valence electrons. The van der Waals surface area contributed by atoms with Crippen LogP contribution in [0.15, 0.2) is 18.2 Å². The van der Waals surface area contributed by atoms with Gasteiger partial charge in [0.05, 0.1) is 0 Å². The second-order valence-electron chi connectivity index (χ2n) is 4.55. The molecule has 2 aromatic rings. The van der Waals surface area contributed by atoms with Crippen LogP contribution in [-0.4, -0.2) is 16.2 Å². The Bertz CT molecular complexity index is 517. The van der Waals surface area contributed by atoms with Crippen LogP contribution >= 0.6 is 22.9 Å². The molecule has 0 fully saturated rings. The Hall–Kier alpha value is -0.970. The summed E-state index contributed by atoms with van der Waals surface area (Å²) in [5.74, 6) is 0. The largest absolute Gasteiger partial charge is 0.308 e. The highest BCUT2D eigenvalue weighted by molar-refractivity contribution is 7.14. The molecule has 0 aliphatic carbocycles. The molecule has 0 bridgehead atoms. The number of benzene rings is 1. The van der Waals surface area contributed by atoms with Crippen molar-refractivity contribution in [1.82, 2.24) is 15.5 Å². The molecule has 0 saturated heterocycles. The van der Waals surface area contributed by atoms with Gasteiger partial charge in [-0.3, -0.25) is 0 Å². The number of aryl methyl sites for hydroxylation is 1. The predicted molar refractivity (Wildman–Crippen MR) is 77.1 cm³/mol. The summed E-state index contributed by atoms with van der Waals surface area (Å²) in [6.45, 7) is 7.01. The molecule has 1 aromatic carbocycles. The van der Waals surface area contributed by atoms with Crippen LogP contribution in [0, 0.1) is 6.92 Å². The Balaban J connectivity index is 2.18. The lowest BCUT2D eigenvalue weighted by molar-refractivity contribution is 0.585. The first kappa shape index (κ1) is 13.5. The topological polar surface area (TPSA) is 37.8 Å². The van der Waals surface area contributed by atoms with Gasteiger partial charge in [0.2, 0.25) is 0 Å². The normalized spacial score (nSPS) is 11.2. The first-order valence-corrected chi connectivity index (χ1v) is 7.07. The smallest absolute Gasteiger partial charge is 0.147 e. The molecule has 1 heterocycles. The molecule has 0 amide bonds. The van der Waals surface area contributed by atoms with Gasteiger partial charge in [-0.25, -0.2) is 0 Å². The molecule has 18 heavy (non-hydrogen) atoms. The molecule has 0 spiro atoms. The van der Waals surface area contributed by atoms with Crippen LogP contribution in [0.2, 0.25) is 5.02 Å². The van der Waals surface area contributed by atoms with E-state index in [2.05, 4.69) is 35.4 Å². The summed E-state index contributed by atoms with van der Waals surface area (Å²) in [7, 11) is 0. The van der Waals surface area contributed by atoms with Gasteiger partial charge in [0.1, 0.15) is 10.0 Å². The number of nitrogens with zero attached hydrogens (tertiary/aromatic N) is 2. The molecule has 0 radical (unpaired) electrons. The quantitative estimate of drug-likeness (QED) is 0.929. The third-order valence-corrected chi connectivity index (χ3v) is 3.61. The van der Waals surface area contributed by atoms with Gasteiger partial charge < -0.3 is 5.32 Å². The van der Waals surface area contributed by atoms with E-state index < -0.39 is 0 Å². The van der Waals surface area contributed by atoms with Gasteiger partial charge in [-0.1, -0.05) is 36.8 Å². The first-order chi connectivity index (χ1) is 8.54. The highest BCUT2D eigenvalue weighted by atomic mass is 35.5. The summed E-state index contributed by atoms with van der Waals surface area (Å²) < 4.78 is 0. The molecule has 5 heteroatoms. The van der Waals surface area contributed by atoms with Gasteiger partial charge in [-0.2, -0.15) is 0 Å². The van der Waals surface area contributed by atoms with Crippen LogP contribution in [0.25, 0.3) is 10.6 Å². The van der Waals surface area contributed by atoms with Crippen molar-refractivity contribution in [2.24, 2.45) is 0 Å². The molecule has 0 unspecified atom stereocenters. The van der Waals surface area contributed by atoms with Crippen molar-refractivity contribution in [2.75, 3.05) is 0 Å². The highest BCUT2D eigenvalue weighted by Gasteiger charge is 2.08. The van der Waals surface area contributed by atoms with E-state index in [1.165, 1.54) is 0 Å². The summed E-state index contributed by atoms with van der Waals surface area (Å²) in [5, 5.41) is 14.4. The molecular weight excluding hydrogens is 266 g/mol. The van der Waals surface area contributed by atoms with E-state index in [1.54, 1.807) is 11.3 Å². The minimum atomic E-state index is 0.450. The van der Waals surface area contributed by atoms with Gasteiger partial charge in [0.15, 0.2) is 0 Å². The average Bonchev–Trinajstić information content (AvgIpc) is 2.73. The zero-order valence-corrected chi connectivity index (χ0v) is 12.3. The van der Waals surface area contributed by atoms with Crippen LogP contribution in [-0.2, 0) is 6.54 Å². The maximum absolute atomic E-state index is 6.05. The molecule has 2 rings (SSSR count). The zero-order chi connectivity index (χ0) is 13.1. The number of hydrogen-bond donors (Lipinski definition) is 1. The van der Waals surface area contributed by atoms with Crippen molar-refractivity contribution in [2.45, 2.75) is 33.4 Å². The van der Waals surface area contributed by atoms with Gasteiger partial charge in [0.25, 0.3) is 0 Å². The van der Waals surface area contributed by atoms with Crippen LogP contribution < -0.4 is 5.32 Å². The van der Waals surface area contributed by atoms with Gasteiger partial charge in [-0.15, -0.1) is 10.2 Å². The van der Waals surface area contributed by atoms with Crippen molar-refractivity contribution in [3.63, 3.8) is 0 Å². The Morgan fingerprint density at radius 2 is 2.06 bits per heavy atom. The summed E-state index contributed by atoms with van der Waals surface area (Å²) in [6.07, 6.45) is 0. The SMILES string of the molecule is Cc1cc(Cl)cc(-c2nnc(CNC(C)C)s2)c1. The average molecular weight is 282 g/mol. The molecule has 1 N–H and O–H groups in total. The van der Waals surface area contributed by atoms with Crippen LogP contribution in [0.4, 0.5) is 0 Å². The maximum atomic E-state index is 6.05. The summed E-state index contributed by atoms with van der Waals surface area (Å²) in [5.41, 5.74) is 2.17. The first-order valence-electron chi connectivity index (χ1n) is 5.88. The fourth-order valence-corrected chi connectivity index (χ4v) is 2.66. The lowest BCUT2D eigenvalue weighted by Crippen LogP contribution is -2.21. The zero-order valence-electron chi connectivity index (χ0n) is 10.7. The molecular formula is C13H16ClN3S. The summed E-state index contributed by atoms with van der Waals surface area (Å²) in [4.78, 5) is 0. The Labute approximate surface area is 116 Å². The minimum absolute atomic E-state index is 0.450. The third kappa shape index (κ3) is 3.51. The molecule has 0 aliphatic heterocycles. The Morgan fingerprint density at radius 1 is 1.28 bits per heavy atom. The standard InChI is InChI=1S/C13H16ClN3S/c1-8(2)15-7-12-16-17-13(18-12)10-4-9(3)5-11(14)6-10/h4-6,8,15H,7H2,1-3H3. The van der Waals surface area contributed by atoms with Crippen molar-refractivity contribution >= 4 is 22.9 Å².